The number of aliphatic hydroxyl groups is 2. The Labute approximate surface area is 207 Å². The van der Waals surface area contributed by atoms with Crippen molar-refractivity contribution < 1.29 is 32.9 Å². The summed E-state index contributed by atoms with van der Waals surface area (Å²) < 4.78 is 46.1. The molecule has 3 heterocycles. The van der Waals surface area contributed by atoms with Crippen molar-refractivity contribution >= 4 is 5.97 Å². The number of fused-ring (bicyclic) bond motifs is 1. The Kier molecular flexibility index (Phi) is 3.72. The highest BCUT2D eigenvalue weighted by atomic mass is 19.4. The first-order valence-corrected chi connectivity index (χ1v) is 13.1. The van der Waals surface area contributed by atoms with Gasteiger partial charge in [0, 0.05) is 41.2 Å². The van der Waals surface area contributed by atoms with Gasteiger partial charge in [-0.1, -0.05) is 26.0 Å². The number of alkyl halides is 3. The lowest BCUT2D eigenvalue weighted by atomic mass is 9.39. The van der Waals surface area contributed by atoms with Crippen molar-refractivity contribution in [2.75, 3.05) is 6.54 Å². The average molecular weight is 502 g/mol. The van der Waals surface area contributed by atoms with Gasteiger partial charge in [0.25, 0.3) is 0 Å². The van der Waals surface area contributed by atoms with Crippen LogP contribution >= 0.6 is 0 Å². The number of nitrogens with zero attached hydrogens (tertiary/aromatic N) is 1. The van der Waals surface area contributed by atoms with Crippen LogP contribution in [-0.4, -0.2) is 51.6 Å². The van der Waals surface area contributed by atoms with Crippen molar-refractivity contribution in [2.45, 2.75) is 69.2 Å². The zero-order valence-electron chi connectivity index (χ0n) is 20.1. The molecule has 36 heavy (non-hydrogen) atoms. The smallest absolute Gasteiger partial charge is 0.416 e. The van der Waals surface area contributed by atoms with Crippen LogP contribution < -0.4 is 0 Å². The van der Waals surface area contributed by atoms with Gasteiger partial charge in [0.1, 0.15) is 11.8 Å². The molecule has 0 radical (unpaired) electrons. The summed E-state index contributed by atoms with van der Waals surface area (Å²) in [7, 11) is 0. The normalized spacial score (nSPS) is 54.9. The van der Waals surface area contributed by atoms with E-state index < -0.39 is 41.1 Å². The van der Waals surface area contributed by atoms with E-state index in [2.05, 4.69) is 18.4 Å². The highest BCUT2D eigenvalue weighted by Crippen LogP contribution is 2.89. The predicted octanol–water partition coefficient (Wildman–Crippen LogP) is 4.00. The van der Waals surface area contributed by atoms with Gasteiger partial charge < -0.3 is 14.9 Å². The van der Waals surface area contributed by atoms with Crippen LogP contribution in [0.1, 0.15) is 54.9 Å². The number of piperidine rings is 2. The van der Waals surface area contributed by atoms with E-state index >= 15 is 0 Å². The minimum atomic E-state index is -4.55. The molecule has 12 atom stereocenters. The molecule has 9 fully saturated rings. The third-order valence-electron chi connectivity index (χ3n) is 12.0. The summed E-state index contributed by atoms with van der Waals surface area (Å²) in [5, 5.41) is 23.8. The highest BCUT2D eigenvalue weighted by molar-refractivity contribution is 5.89. The minimum Gasteiger partial charge on any atom is -0.458 e. The number of benzene rings is 1. The third kappa shape index (κ3) is 2.05. The second kappa shape index (κ2) is 6.05. The first-order chi connectivity index (χ1) is 16.9. The fourth-order valence-electron chi connectivity index (χ4n) is 11.7. The summed E-state index contributed by atoms with van der Waals surface area (Å²) in [4.78, 5) is 15.7. The molecule has 1 aromatic rings. The molecule has 10 rings (SSSR count). The Morgan fingerprint density at radius 1 is 1.25 bits per heavy atom. The van der Waals surface area contributed by atoms with E-state index in [1.165, 1.54) is 12.1 Å². The zero-order valence-corrected chi connectivity index (χ0v) is 20.1. The standard InChI is InChI=1S/C28H30F3NO4/c1-13-16-10-17-20-25-8-4-7-24(2)12-32(20)27(35,23(24)25)11-26(17,21(13)33)19(25)18(16)36-22(34)14-5-3-6-15(9-14)28(29,30)31/h3,5-6,9,16-21,23,33,35H,1,4,7-8,10-12H2,2H3/t16-,17-,18+,19+,20+,21-,23-,24+,25+,26-,27+/m1/s1. The highest BCUT2D eigenvalue weighted by Gasteiger charge is 2.93. The molecule has 192 valence electrons. The summed E-state index contributed by atoms with van der Waals surface area (Å²) in [5.41, 5.74) is -2.22. The maximum absolute atomic E-state index is 13.4. The molecule has 1 aromatic carbocycles. The van der Waals surface area contributed by atoms with Gasteiger partial charge in [-0.05, 0) is 60.8 Å². The number of halogens is 3. The van der Waals surface area contributed by atoms with Crippen molar-refractivity contribution in [2.24, 2.45) is 39.9 Å². The van der Waals surface area contributed by atoms with Gasteiger partial charge in [-0.15, -0.1) is 0 Å². The van der Waals surface area contributed by atoms with Crippen LogP contribution in [0.5, 0.6) is 0 Å². The Morgan fingerprint density at radius 2 is 2.03 bits per heavy atom. The van der Waals surface area contributed by atoms with Gasteiger partial charge in [0.15, 0.2) is 0 Å². The number of aliphatic hydroxyl groups excluding tert-OH is 1. The first-order valence-electron chi connectivity index (χ1n) is 13.1. The molecule has 1 unspecified atom stereocenters. The molecular weight excluding hydrogens is 471 g/mol. The summed E-state index contributed by atoms with van der Waals surface area (Å²) in [6.07, 6.45) is -1.71. The Morgan fingerprint density at radius 3 is 2.78 bits per heavy atom. The summed E-state index contributed by atoms with van der Waals surface area (Å²) in [6, 6.07) is 4.54. The second-order valence-corrected chi connectivity index (χ2v) is 13.1. The molecule has 0 aromatic heterocycles. The molecule has 6 saturated carbocycles. The monoisotopic (exact) mass is 501 g/mol. The van der Waals surface area contributed by atoms with Crippen LogP contribution in [0.15, 0.2) is 36.4 Å². The molecule has 0 amide bonds. The summed E-state index contributed by atoms with van der Waals surface area (Å²) >= 11 is 0. The summed E-state index contributed by atoms with van der Waals surface area (Å²) in [6.45, 7) is 7.35. The molecule has 9 bridgehead atoms. The number of carbonyl (C=O) groups is 1. The number of carbonyl (C=O) groups excluding carboxylic acids is 1. The van der Waals surface area contributed by atoms with Crippen LogP contribution in [0.3, 0.4) is 0 Å². The SMILES string of the molecule is C=C1[C@H]2C[C@@H]3[C@@H]4N5C[C@]6(C)CCC[C@]47[C@H]([C@H]2OC(=O)c2cccc(C(F)(F)F)c2)[C@]3(C[C@]5(O)[C@H]67)[C@@H]1O. The molecule has 8 heteroatoms. The maximum atomic E-state index is 13.4. The van der Waals surface area contributed by atoms with E-state index in [-0.39, 0.29) is 46.1 Å². The largest absolute Gasteiger partial charge is 0.458 e. The van der Waals surface area contributed by atoms with Crippen LogP contribution in [0.4, 0.5) is 13.2 Å². The molecule has 5 nitrogen and oxygen atoms in total. The molecular formula is C28H30F3NO4. The zero-order chi connectivity index (χ0) is 25.2. The van der Waals surface area contributed by atoms with E-state index in [1.54, 1.807) is 0 Å². The van der Waals surface area contributed by atoms with Crippen molar-refractivity contribution in [3.63, 3.8) is 0 Å². The van der Waals surface area contributed by atoms with Gasteiger partial charge in [-0.3, -0.25) is 4.90 Å². The maximum Gasteiger partial charge on any atom is 0.416 e. The van der Waals surface area contributed by atoms with E-state index in [4.69, 9.17) is 4.74 Å². The average Bonchev–Trinajstić information content (AvgIpc) is 3.18. The van der Waals surface area contributed by atoms with E-state index in [9.17, 15) is 28.2 Å². The Hall–Kier alpha value is -1.90. The van der Waals surface area contributed by atoms with E-state index in [0.717, 1.165) is 44.4 Å². The minimum absolute atomic E-state index is 0.0284. The van der Waals surface area contributed by atoms with Crippen molar-refractivity contribution in [1.82, 2.24) is 4.90 Å². The number of hydrogen-bond donors (Lipinski definition) is 2. The predicted molar refractivity (Wildman–Crippen MR) is 121 cm³/mol. The number of hydrogen-bond acceptors (Lipinski definition) is 5. The fourth-order valence-corrected chi connectivity index (χ4v) is 11.7. The van der Waals surface area contributed by atoms with Crippen LogP contribution in [0, 0.1) is 39.9 Å². The lowest BCUT2D eigenvalue weighted by Crippen LogP contribution is -2.72. The Bertz CT molecular complexity index is 1250. The van der Waals surface area contributed by atoms with E-state index in [1.807, 2.05) is 0 Å². The topological polar surface area (TPSA) is 70.0 Å². The molecule has 2 N–H and O–H groups in total. The van der Waals surface area contributed by atoms with Crippen LogP contribution in [-0.2, 0) is 10.9 Å². The number of esters is 1. The van der Waals surface area contributed by atoms with Crippen LogP contribution in [0.25, 0.3) is 0 Å². The quantitative estimate of drug-likeness (QED) is 0.474. The van der Waals surface area contributed by atoms with Crippen molar-refractivity contribution in [3.8, 4) is 0 Å². The number of rotatable bonds is 2. The number of ether oxygens (including phenoxy) is 1. The second-order valence-electron chi connectivity index (χ2n) is 13.1. The lowest BCUT2D eigenvalue weighted by molar-refractivity contribution is -0.271. The van der Waals surface area contributed by atoms with Gasteiger partial charge in [-0.2, -0.15) is 13.2 Å². The van der Waals surface area contributed by atoms with Gasteiger partial charge >= 0.3 is 12.1 Å². The van der Waals surface area contributed by atoms with Gasteiger partial charge in [0.05, 0.1) is 17.2 Å². The summed E-state index contributed by atoms with van der Waals surface area (Å²) in [5.74, 6) is -0.878. The molecule has 3 aliphatic heterocycles. The molecule has 3 saturated heterocycles. The molecule has 6 aliphatic carbocycles. The van der Waals surface area contributed by atoms with E-state index in [0.29, 0.717) is 12.0 Å². The van der Waals surface area contributed by atoms with Gasteiger partial charge in [-0.25, -0.2) is 4.79 Å². The van der Waals surface area contributed by atoms with Gasteiger partial charge in [0.2, 0.25) is 0 Å². The third-order valence-corrected chi connectivity index (χ3v) is 12.0. The first kappa shape index (κ1) is 22.1. The molecule has 9 aliphatic rings. The van der Waals surface area contributed by atoms with Crippen LogP contribution in [0.2, 0.25) is 0 Å². The van der Waals surface area contributed by atoms with Crippen molar-refractivity contribution in [1.29, 1.82) is 0 Å². The fraction of sp³-hybridized carbons (Fsp3) is 0.679. The Balaban J connectivity index is 1.25. The van der Waals surface area contributed by atoms with Crippen molar-refractivity contribution in [3.05, 3.63) is 47.5 Å². The molecule has 2 spiro atoms. The lowest BCUT2D eigenvalue weighted by Gasteiger charge is -2.67.